The number of likely N-dealkylation sites (tertiary alicyclic amines) is 1. The molecule has 0 spiro atoms. The first-order chi connectivity index (χ1) is 12.8. The molecular formula is C19H24N4O4. The molecule has 0 unspecified atom stereocenters. The van der Waals surface area contributed by atoms with Crippen molar-refractivity contribution in [3.8, 4) is 5.82 Å². The van der Waals surface area contributed by atoms with E-state index in [1.54, 1.807) is 22.8 Å². The summed E-state index contributed by atoms with van der Waals surface area (Å²) in [5.74, 6) is -0.492. The molecule has 0 aromatic carbocycles. The van der Waals surface area contributed by atoms with E-state index in [9.17, 15) is 14.7 Å². The molecule has 8 heteroatoms. The molecule has 2 aromatic heterocycles. The summed E-state index contributed by atoms with van der Waals surface area (Å²) in [6, 6.07) is 4.00. The second-order valence-electron chi connectivity index (χ2n) is 7.63. The first-order valence-electron chi connectivity index (χ1n) is 9.13. The van der Waals surface area contributed by atoms with E-state index in [1.165, 1.54) is 0 Å². The van der Waals surface area contributed by atoms with Crippen LogP contribution in [0.4, 0.5) is 0 Å². The minimum absolute atomic E-state index is 0.178. The summed E-state index contributed by atoms with van der Waals surface area (Å²) in [5.41, 5.74) is 1.60. The first kappa shape index (κ1) is 17.8. The van der Waals surface area contributed by atoms with Crippen molar-refractivity contribution in [2.75, 3.05) is 26.3 Å². The highest BCUT2D eigenvalue weighted by Gasteiger charge is 2.55. The molecule has 1 amide bonds. The molecule has 2 aliphatic heterocycles. The van der Waals surface area contributed by atoms with Gasteiger partial charge in [0, 0.05) is 44.0 Å². The van der Waals surface area contributed by atoms with Crippen LogP contribution in [-0.2, 0) is 16.6 Å². The molecule has 0 saturated carbocycles. The molecule has 2 atom stereocenters. The first-order valence-corrected chi connectivity index (χ1v) is 9.13. The lowest BCUT2D eigenvalue weighted by Gasteiger charge is -2.33. The molecule has 4 rings (SSSR count). The van der Waals surface area contributed by atoms with Crippen molar-refractivity contribution in [1.29, 1.82) is 0 Å². The summed E-state index contributed by atoms with van der Waals surface area (Å²) in [7, 11) is 1.81. The number of fused-ring (bicyclic) bond motifs is 1. The van der Waals surface area contributed by atoms with Gasteiger partial charge in [-0.1, -0.05) is 0 Å². The standard InChI is InChI=1S/C19H24N4O4/c1-12-4-5-13(2)23(12)16-15(8-20-21(16)3)17(24)22-9-14-10-27-7-6-19(14,11-22)18(25)26/h4-5,8,14H,6-7,9-11H2,1-3H3,(H,25,26)/t14-,19+/m0/s1. The van der Waals surface area contributed by atoms with Crippen molar-refractivity contribution < 1.29 is 19.4 Å². The number of rotatable bonds is 3. The van der Waals surface area contributed by atoms with Gasteiger partial charge in [0.2, 0.25) is 0 Å². The zero-order valence-electron chi connectivity index (χ0n) is 15.8. The second kappa shape index (κ2) is 6.23. The number of ether oxygens (including phenoxy) is 1. The van der Waals surface area contributed by atoms with Gasteiger partial charge in [0.05, 0.1) is 18.2 Å². The summed E-state index contributed by atoms with van der Waals surface area (Å²) in [5, 5.41) is 14.1. The number of hydrogen-bond acceptors (Lipinski definition) is 4. The second-order valence-corrected chi connectivity index (χ2v) is 7.63. The highest BCUT2D eigenvalue weighted by atomic mass is 16.5. The lowest BCUT2D eigenvalue weighted by Crippen LogP contribution is -2.45. The highest BCUT2D eigenvalue weighted by Crippen LogP contribution is 2.43. The van der Waals surface area contributed by atoms with E-state index >= 15 is 0 Å². The van der Waals surface area contributed by atoms with Crippen molar-refractivity contribution in [3.05, 3.63) is 35.3 Å². The van der Waals surface area contributed by atoms with Crippen LogP contribution in [0.15, 0.2) is 18.3 Å². The Morgan fingerprint density at radius 2 is 2.00 bits per heavy atom. The Bertz CT molecular complexity index is 895. The Morgan fingerprint density at radius 3 is 2.63 bits per heavy atom. The molecule has 144 valence electrons. The minimum Gasteiger partial charge on any atom is -0.481 e. The monoisotopic (exact) mass is 372 g/mol. The predicted molar refractivity (Wildman–Crippen MR) is 96.9 cm³/mol. The summed E-state index contributed by atoms with van der Waals surface area (Å²) < 4.78 is 9.18. The molecule has 2 fully saturated rings. The summed E-state index contributed by atoms with van der Waals surface area (Å²) in [6.07, 6.45) is 2.01. The molecule has 8 nitrogen and oxygen atoms in total. The fourth-order valence-electron chi connectivity index (χ4n) is 4.47. The van der Waals surface area contributed by atoms with Gasteiger partial charge in [-0.25, -0.2) is 0 Å². The van der Waals surface area contributed by atoms with E-state index < -0.39 is 11.4 Å². The van der Waals surface area contributed by atoms with E-state index in [2.05, 4.69) is 5.10 Å². The third-order valence-electron chi connectivity index (χ3n) is 6.04. The largest absolute Gasteiger partial charge is 0.481 e. The van der Waals surface area contributed by atoms with Gasteiger partial charge in [-0.15, -0.1) is 0 Å². The summed E-state index contributed by atoms with van der Waals surface area (Å²) in [6.45, 7) is 5.37. The van der Waals surface area contributed by atoms with E-state index in [0.717, 1.165) is 11.4 Å². The van der Waals surface area contributed by atoms with Crippen LogP contribution >= 0.6 is 0 Å². The van der Waals surface area contributed by atoms with Gasteiger partial charge in [0.1, 0.15) is 11.4 Å². The fourth-order valence-corrected chi connectivity index (χ4v) is 4.47. The third-order valence-corrected chi connectivity index (χ3v) is 6.04. The number of aromatic nitrogens is 3. The van der Waals surface area contributed by atoms with Crippen molar-refractivity contribution >= 4 is 11.9 Å². The van der Waals surface area contributed by atoms with Gasteiger partial charge in [-0.05, 0) is 32.4 Å². The lowest BCUT2D eigenvalue weighted by molar-refractivity contribution is -0.157. The van der Waals surface area contributed by atoms with Crippen LogP contribution in [0, 0.1) is 25.2 Å². The molecule has 27 heavy (non-hydrogen) atoms. The van der Waals surface area contributed by atoms with Crippen LogP contribution in [0.1, 0.15) is 28.2 Å². The molecule has 2 aliphatic rings. The van der Waals surface area contributed by atoms with Crippen LogP contribution in [0.3, 0.4) is 0 Å². The van der Waals surface area contributed by atoms with Gasteiger partial charge in [-0.3, -0.25) is 14.3 Å². The number of carbonyl (C=O) groups excluding carboxylic acids is 1. The number of carboxylic acids is 1. The number of amides is 1. The Labute approximate surface area is 157 Å². The molecule has 2 aromatic rings. The average Bonchev–Trinajstić information content (AvgIpc) is 3.30. The molecule has 0 bridgehead atoms. The highest BCUT2D eigenvalue weighted by molar-refractivity contribution is 5.98. The quantitative estimate of drug-likeness (QED) is 0.879. The van der Waals surface area contributed by atoms with E-state index in [4.69, 9.17) is 4.74 Å². The number of carbonyl (C=O) groups is 2. The minimum atomic E-state index is -0.907. The molecule has 0 radical (unpaired) electrons. The van der Waals surface area contributed by atoms with E-state index in [-0.39, 0.29) is 18.4 Å². The number of aryl methyl sites for hydroxylation is 3. The van der Waals surface area contributed by atoms with Gasteiger partial charge in [-0.2, -0.15) is 5.10 Å². The Kier molecular flexibility index (Phi) is 4.10. The molecular weight excluding hydrogens is 348 g/mol. The van der Waals surface area contributed by atoms with Crippen molar-refractivity contribution in [1.82, 2.24) is 19.2 Å². The number of aliphatic carboxylic acids is 1. The van der Waals surface area contributed by atoms with Crippen LogP contribution in [0.5, 0.6) is 0 Å². The lowest BCUT2D eigenvalue weighted by atomic mass is 9.74. The normalized spacial score (nSPS) is 24.9. The smallest absolute Gasteiger partial charge is 0.311 e. The molecule has 4 heterocycles. The SMILES string of the molecule is Cc1ccc(C)n1-c1c(C(=O)N2C[C@H]3COCC[C@@]3(C(=O)O)C2)cnn1C. The van der Waals surface area contributed by atoms with Crippen molar-refractivity contribution in [2.24, 2.45) is 18.4 Å². The average molecular weight is 372 g/mol. The third kappa shape index (κ3) is 2.58. The van der Waals surface area contributed by atoms with Crippen LogP contribution in [0.25, 0.3) is 5.82 Å². The summed E-state index contributed by atoms with van der Waals surface area (Å²) >= 11 is 0. The Hall–Kier alpha value is -2.61. The maximum atomic E-state index is 13.3. The number of hydrogen-bond donors (Lipinski definition) is 1. The van der Waals surface area contributed by atoms with E-state index in [0.29, 0.717) is 37.6 Å². The maximum Gasteiger partial charge on any atom is 0.311 e. The van der Waals surface area contributed by atoms with E-state index in [1.807, 2.05) is 30.5 Å². The van der Waals surface area contributed by atoms with Gasteiger partial charge in [0.25, 0.3) is 5.91 Å². The van der Waals surface area contributed by atoms with Crippen LogP contribution in [0.2, 0.25) is 0 Å². The van der Waals surface area contributed by atoms with Gasteiger partial charge >= 0.3 is 5.97 Å². The van der Waals surface area contributed by atoms with Gasteiger partial charge in [0.15, 0.2) is 0 Å². The summed E-state index contributed by atoms with van der Waals surface area (Å²) in [4.78, 5) is 27.0. The maximum absolute atomic E-state index is 13.3. The topological polar surface area (TPSA) is 89.6 Å². The number of carboxylic acid groups (broad SMARTS) is 1. The van der Waals surface area contributed by atoms with Gasteiger partial charge < -0.3 is 19.3 Å². The Morgan fingerprint density at radius 1 is 1.30 bits per heavy atom. The van der Waals surface area contributed by atoms with Crippen molar-refractivity contribution in [3.63, 3.8) is 0 Å². The number of nitrogens with zero attached hydrogens (tertiary/aromatic N) is 4. The van der Waals surface area contributed by atoms with Crippen LogP contribution in [-0.4, -0.2) is 62.5 Å². The molecule has 1 N–H and O–H groups in total. The zero-order valence-corrected chi connectivity index (χ0v) is 15.8. The predicted octanol–water partition coefficient (Wildman–Crippen LogP) is 1.39. The fraction of sp³-hybridized carbons (Fsp3) is 0.526. The zero-order chi connectivity index (χ0) is 19.3. The van der Waals surface area contributed by atoms with Crippen LogP contribution < -0.4 is 0 Å². The molecule has 2 saturated heterocycles. The Balaban J connectivity index is 1.70. The molecule has 0 aliphatic carbocycles. The van der Waals surface area contributed by atoms with Crippen molar-refractivity contribution in [2.45, 2.75) is 20.3 Å².